The van der Waals surface area contributed by atoms with E-state index in [0.29, 0.717) is 17.2 Å². The van der Waals surface area contributed by atoms with Crippen LogP contribution in [0.4, 0.5) is 9.93 Å². The van der Waals surface area contributed by atoms with Crippen molar-refractivity contribution < 1.29 is 4.79 Å². The molecule has 3 rings (SSSR count). The lowest BCUT2D eigenvalue weighted by atomic mass is 10.1. The molecule has 6 heteroatoms. The number of amides is 2. The van der Waals surface area contributed by atoms with Crippen LogP contribution in [0.1, 0.15) is 11.1 Å². The molecule has 1 N–H and O–H groups in total. The molecule has 0 fully saturated rings. The molecular formula is C19H16N4OS. The van der Waals surface area contributed by atoms with Crippen molar-refractivity contribution in [1.82, 2.24) is 9.88 Å². The van der Waals surface area contributed by atoms with E-state index in [2.05, 4.69) is 16.4 Å². The van der Waals surface area contributed by atoms with Crippen LogP contribution >= 0.6 is 11.3 Å². The average Bonchev–Trinajstić information content (AvgIpc) is 3.11. The number of aromatic nitrogens is 1. The van der Waals surface area contributed by atoms with Crippen LogP contribution in [-0.2, 0) is 6.54 Å². The molecule has 0 aliphatic rings. The van der Waals surface area contributed by atoms with Crippen molar-refractivity contribution in [2.75, 3.05) is 12.4 Å². The number of benzene rings is 2. The Kier molecular flexibility index (Phi) is 5.07. The second-order valence-corrected chi connectivity index (χ2v) is 6.52. The fourth-order valence-electron chi connectivity index (χ4n) is 2.29. The van der Waals surface area contributed by atoms with Crippen molar-refractivity contribution in [3.8, 4) is 16.5 Å². The second kappa shape index (κ2) is 7.60. The Bertz CT molecular complexity index is 897. The Morgan fingerprint density at radius 3 is 2.60 bits per heavy atom. The molecule has 2 amide bonds. The van der Waals surface area contributed by atoms with Crippen molar-refractivity contribution >= 4 is 22.5 Å². The lowest BCUT2D eigenvalue weighted by molar-refractivity contribution is 0.220. The highest BCUT2D eigenvalue weighted by Crippen LogP contribution is 2.28. The maximum atomic E-state index is 12.3. The molecule has 3 aromatic rings. The molecular weight excluding hydrogens is 332 g/mol. The lowest BCUT2D eigenvalue weighted by Gasteiger charge is -2.17. The largest absolute Gasteiger partial charge is 0.323 e. The number of rotatable bonds is 4. The number of anilines is 1. The topological polar surface area (TPSA) is 69.0 Å². The highest BCUT2D eigenvalue weighted by molar-refractivity contribution is 7.19. The number of hydrogen-bond donors (Lipinski definition) is 1. The molecule has 1 heterocycles. The van der Waals surface area contributed by atoms with Crippen molar-refractivity contribution in [3.63, 3.8) is 0 Å². The highest BCUT2D eigenvalue weighted by atomic mass is 32.1. The Morgan fingerprint density at radius 1 is 1.20 bits per heavy atom. The van der Waals surface area contributed by atoms with E-state index in [1.807, 2.05) is 42.5 Å². The summed E-state index contributed by atoms with van der Waals surface area (Å²) in [6.45, 7) is 0.453. The summed E-state index contributed by atoms with van der Waals surface area (Å²) in [4.78, 5) is 19.2. The normalized spacial score (nSPS) is 10.1. The molecule has 0 bridgehead atoms. The van der Waals surface area contributed by atoms with E-state index in [4.69, 9.17) is 5.26 Å². The molecule has 0 unspecified atom stereocenters. The average molecular weight is 348 g/mol. The monoisotopic (exact) mass is 348 g/mol. The lowest BCUT2D eigenvalue weighted by Crippen LogP contribution is -2.30. The molecule has 124 valence electrons. The summed E-state index contributed by atoms with van der Waals surface area (Å²) in [5.41, 5.74) is 2.64. The van der Waals surface area contributed by atoms with Gasteiger partial charge in [-0.1, -0.05) is 53.8 Å². The third-order valence-corrected chi connectivity index (χ3v) is 4.59. The van der Waals surface area contributed by atoms with Gasteiger partial charge in [-0.25, -0.2) is 9.78 Å². The second-order valence-electron chi connectivity index (χ2n) is 5.49. The number of thiazole rings is 1. The zero-order valence-corrected chi connectivity index (χ0v) is 14.5. The summed E-state index contributed by atoms with van der Waals surface area (Å²) in [7, 11) is 1.72. The van der Waals surface area contributed by atoms with Crippen molar-refractivity contribution in [1.29, 1.82) is 5.26 Å². The van der Waals surface area contributed by atoms with Gasteiger partial charge in [0.15, 0.2) is 5.13 Å². The van der Waals surface area contributed by atoms with E-state index in [1.165, 1.54) is 11.3 Å². The summed E-state index contributed by atoms with van der Waals surface area (Å²) in [6.07, 6.45) is 1.76. The third kappa shape index (κ3) is 4.22. The van der Waals surface area contributed by atoms with Gasteiger partial charge >= 0.3 is 6.03 Å². The first-order chi connectivity index (χ1) is 12.2. The van der Waals surface area contributed by atoms with Gasteiger partial charge in [0, 0.05) is 19.8 Å². The first-order valence-electron chi connectivity index (χ1n) is 7.68. The van der Waals surface area contributed by atoms with Gasteiger partial charge in [-0.2, -0.15) is 5.26 Å². The minimum Gasteiger partial charge on any atom is -0.323 e. The zero-order valence-electron chi connectivity index (χ0n) is 13.6. The van der Waals surface area contributed by atoms with E-state index >= 15 is 0 Å². The van der Waals surface area contributed by atoms with Gasteiger partial charge in [-0.05, 0) is 23.3 Å². The Hall–Kier alpha value is -3.17. The molecule has 2 aromatic carbocycles. The number of carbonyl (C=O) groups excluding carboxylic acids is 1. The van der Waals surface area contributed by atoms with E-state index < -0.39 is 0 Å². The SMILES string of the molecule is CN(Cc1ccc(C#N)cc1)C(=O)Nc1ncc(-c2ccccc2)s1. The van der Waals surface area contributed by atoms with Crippen LogP contribution in [0.2, 0.25) is 0 Å². The van der Waals surface area contributed by atoms with Crippen LogP contribution < -0.4 is 5.32 Å². The summed E-state index contributed by atoms with van der Waals surface area (Å²) >= 11 is 1.44. The summed E-state index contributed by atoms with van der Waals surface area (Å²) in [6, 6.07) is 19.0. The molecule has 0 radical (unpaired) electrons. The van der Waals surface area contributed by atoms with Gasteiger partial charge in [0.2, 0.25) is 0 Å². The fraction of sp³-hybridized carbons (Fsp3) is 0.105. The molecule has 1 aromatic heterocycles. The van der Waals surface area contributed by atoms with E-state index in [1.54, 1.807) is 30.3 Å². The van der Waals surface area contributed by atoms with Gasteiger partial charge in [-0.3, -0.25) is 5.32 Å². The Morgan fingerprint density at radius 2 is 1.92 bits per heavy atom. The Labute approximate surface area is 150 Å². The number of urea groups is 1. The minimum absolute atomic E-state index is 0.224. The molecule has 5 nitrogen and oxygen atoms in total. The zero-order chi connectivity index (χ0) is 17.6. The maximum Gasteiger partial charge on any atom is 0.323 e. The predicted octanol–water partition coefficient (Wildman–Crippen LogP) is 4.35. The molecule has 0 atom stereocenters. The molecule has 25 heavy (non-hydrogen) atoms. The quantitative estimate of drug-likeness (QED) is 0.762. The summed E-state index contributed by atoms with van der Waals surface area (Å²) in [5.74, 6) is 0. The van der Waals surface area contributed by atoms with Crippen molar-refractivity contribution in [2.24, 2.45) is 0 Å². The number of carbonyl (C=O) groups is 1. The van der Waals surface area contributed by atoms with Crippen molar-refractivity contribution in [2.45, 2.75) is 6.54 Å². The van der Waals surface area contributed by atoms with Crippen molar-refractivity contribution in [3.05, 3.63) is 71.9 Å². The summed E-state index contributed by atoms with van der Waals surface area (Å²) < 4.78 is 0. The van der Waals surface area contributed by atoms with Gasteiger partial charge in [-0.15, -0.1) is 0 Å². The fourth-order valence-corrected chi connectivity index (χ4v) is 3.10. The smallest absolute Gasteiger partial charge is 0.323 e. The molecule has 0 saturated carbocycles. The predicted molar refractivity (Wildman–Crippen MR) is 99.2 cm³/mol. The van der Waals surface area contributed by atoms with Crippen LogP contribution in [0.25, 0.3) is 10.4 Å². The number of nitrogens with one attached hydrogen (secondary N) is 1. The van der Waals surface area contributed by atoms with E-state index in [9.17, 15) is 4.79 Å². The number of hydrogen-bond acceptors (Lipinski definition) is 4. The van der Waals surface area contributed by atoms with E-state index in [0.717, 1.165) is 16.0 Å². The van der Waals surface area contributed by atoms with Crippen LogP contribution in [0.5, 0.6) is 0 Å². The third-order valence-electron chi connectivity index (χ3n) is 3.63. The van der Waals surface area contributed by atoms with Crippen LogP contribution in [0.15, 0.2) is 60.8 Å². The molecule has 0 saturated heterocycles. The van der Waals surface area contributed by atoms with Crippen LogP contribution in [0.3, 0.4) is 0 Å². The molecule has 0 spiro atoms. The van der Waals surface area contributed by atoms with Gasteiger partial charge < -0.3 is 4.90 Å². The first kappa shape index (κ1) is 16.7. The number of nitriles is 1. The highest BCUT2D eigenvalue weighted by Gasteiger charge is 2.12. The number of nitrogens with zero attached hydrogens (tertiary/aromatic N) is 3. The van der Waals surface area contributed by atoms with E-state index in [-0.39, 0.29) is 6.03 Å². The Balaban J connectivity index is 1.61. The molecule has 0 aliphatic carbocycles. The van der Waals surface area contributed by atoms with Gasteiger partial charge in [0.25, 0.3) is 0 Å². The minimum atomic E-state index is -0.224. The van der Waals surface area contributed by atoms with Gasteiger partial charge in [0.1, 0.15) is 0 Å². The van der Waals surface area contributed by atoms with Crippen LogP contribution in [0, 0.1) is 11.3 Å². The standard InChI is InChI=1S/C19H16N4OS/c1-23(13-15-9-7-14(11-20)8-10-15)19(24)22-18-21-12-17(25-18)16-5-3-2-4-6-16/h2-10,12H,13H2,1H3,(H,21,22,24). The first-order valence-corrected chi connectivity index (χ1v) is 8.50. The van der Waals surface area contributed by atoms with Crippen LogP contribution in [-0.4, -0.2) is 23.0 Å². The summed E-state index contributed by atoms with van der Waals surface area (Å²) in [5, 5.41) is 12.2. The van der Waals surface area contributed by atoms with Gasteiger partial charge in [0.05, 0.1) is 16.5 Å². The molecule has 0 aliphatic heterocycles. The maximum absolute atomic E-state index is 12.3.